The molecule has 0 saturated carbocycles. The summed E-state index contributed by atoms with van der Waals surface area (Å²) in [7, 11) is 0. The topological polar surface area (TPSA) is 29.6 Å². The van der Waals surface area contributed by atoms with E-state index in [2.05, 4.69) is 586 Å². The molecule has 32 aromatic rings. The van der Waals surface area contributed by atoms with Crippen LogP contribution in [0.2, 0.25) is 0 Å². The lowest BCUT2D eigenvalue weighted by molar-refractivity contribution is 1.13. The van der Waals surface area contributed by atoms with E-state index in [9.17, 15) is 0 Å². The van der Waals surface area contributed by atoms with Crippen molar-refractivity contribution in [1.82, 2.24) is 27.4 Å². The van der Waals surface area contributed by atoms with Gasteiger partial charge in [0, 0.05) is 101 Å². The summed E-state index contributed by atoms with van der Waals surface area (Å²) in [5.74, 6) is 0. The van der Waals surface area contributed by atoms with Crippen LogP contribution in [0.1, 0.15) is 0 Å². The molecule has 6 aromatic heterocycles. The van der Waals surface area contributed by atoms with Gasteiger partial charge in [-0.2, -0.15) is 0 Å². The van der Waals surface area contributed by atoms with Crippen LogP contribution in [0.5, 0.6) is 0 Å². The zero-order valence-corrected chi connectivity index (χ0v) is 81.8. The number of rotatable bonds is 11. The van der Waals surface area contributed by atoms with E-state index in [0.717, 1.165) is 28.4 Å². The molecule has 0 aliphatic carbocycles. The monoisotopic (exact) mass is 1900 g/mol. The Hall–Kier alpha value is -19.9. The van der Waals surface area contributed by atoms with Crippen molar-refractivity contribution >= 4 is 195 Å². The molecule has 0 atom stereocenters. The third-order valence-electron chi connectivity index (χ3n) is 31.6. The Balaban J connectivity index is 0.000000104. The van der Waals surface area contributed by atoms with Gasteiger partial charge in [0.2, 0.25) is 0 Å². The highest BCUT2D eigenvalue weighted by molar-refractivity contribution is 6.30. The lowest BCUT2D eigenvalue weighted by atomic mass is 9.92. The van der Waals surface area contributed by atoms with Gasteiger partial charge in [0.05, 0.1) is 49.7 Å². The van der Waals surface area contributed by atoms with Gasteiger partial charge < -0.3 is 27.4 Å². The summed E-state index contributed by atoms with van der Waals surface area (Å²) in [6.45, 7) is 0. The smallest absolute Gasteiger partial charge is 0.0635 e. The molecule has 0 bridgehead atoms. The van der Waals surface area contributed by atoms with Crippen molar-refractivity contribution in [3.63, 3.8) is 0 Å². The van der Waals surface area contributed by atoms with Gasteiger partial charge in [0.15, 0.2) is 0 Å². The number of hydrogen-bond acceptors (Lipinski definition) is 0. The number of nitrogens with zero attached hydrogens (tertiary/aromatic N) is 6. The first-order valence-corrected chi connectivity index (χ1v) is 51.7. The van der Waals surface area contributed by atoms with Crippen molar-refractivity contribution in [2.24, 2.45) is 0 Å². The molecule has 6 heteroatoms. The summed E-state index contributed by atoms with van der Waals surface area (Å²) >= 11 is 0. The lowest BCUT2D eigenvalue weighted by Gasteiger charge is -2.15. The zero-order valence-electron chi connectivity index (χ0n) is 81.8. The van der Waals surface area contributed by atoms with Crippen molar-refractivity contribution in [3.05, 3.63) is 558 Å². The van der Waals surface area contributed by atoms with Crippen molar-refractivity contribution in [2.45, 2.75) is 0 Å². The standard InChI is InChI=1S/2C50H32N2.C44H28N2/c1-3-11-33(12-4-1)35-19-22-37(23-20-35)51-30-29-45-48(51)28-27-44-43-17-9-10-18-49(43)52(50(44)45)38-24-26-42-41-25-21-36(34-13-5-2-6-14-34)31-46(41)39-15-7-8-16-40(39)47(42)32-38;1-2-10-33(11-3-1)34-18-23-37(24-19-34)51-31-30-46-48(51)29-28-45-44-16-8-9-17-49(44)52(50(45)46)38-25-20-35(21-26-38)36-22-27-43-41-14-5-4-12-39(41)40-13-6-7-15-42(40)47(43)32-36;1-2-10-29(11-3-1)30-18-20-31(21-19-30)45-27-26-40-42(45)25-24-39-38-16-8-9-17-43(38)46(44(39)40)32-22-23-37-35-14-5-4-12-33(35)34-13-6-7-15-36(34)41(37)28-32/h2*1-32H;1-28H. The predicted molar refractivity (Wildman–Crippen MR) is 638 cm³/mol. The van der Waals surface area contributed by atoms with E-state index in [1.807, 2.05) is 0 Å². The van der Waals surface area contributed by atoms with Crippen LogP contribution in [-0.2, 0) is 0 Å². The molecule has 0 aliphatic heterocycles. The van der Waals surface area contributed by atoms with E-state index in [-0.39, 0.29) is 0 Å². The number of aromatic nitrogens is 6. The first-order chi connectivity index (χ1) is 74.4. The molecule has 26 aromatic carbocycles. The quantitative estimate of drug-likeness (QED) is 0.116. The van der Waals surface area contributed by atoms with Gasteiger partial charge in [-0.25, -0.2) is 0 Å². The minimum Gasteiger partial charge on any atom is -0.316 e. The van der Waals surface area contributed by atoms with E-state index in [0.29, 0.717) is 0 Å². The Labute approximate surface area is 864 Å². The fourth-order valence-corrected chi connectivity index (χ4v) is 24.7. The van der Waals surface area contributed by atoms with Gasteiger partial charge in [0.25, 0.3) is 0 Å². The van der Waals surface area contributed by atoms with E-state index in [1.54, 1.807) is 0 Å². The Bertz CT molecular complexity index is 11000. The first kappa shape index (κ1) is 85.6. The van der Waals surface area contributed by atoms with E-state index < -0.39 is 0 Å². The van der Waals surface area contributed by atoms with E-state index in [4.69, 9.17) is 0 Å². The van der Waals surface area contributed by atoms with Gasteiger partial charge in [0.1, 0.15) is 0 Å². The van der Waals surface area contributed by atoms with Crippen LogP contribution in [0.4, 0.5) is 0 Å². The van der Waals surface area contributed by atoms with Crippen molar-refractivity contribution < 1.29 is 0 Å². The minimum absolute atomic E-state index is 1.15. The SMILES string of the molecule is c1ccc(-c2ccc(-n3ccc4c3ccc3c5ccccc5n(-c5ccc(-c6ccc7c8ccccc8c8ccccc8c7c6)cc5)c34)cc2)cc1.c1ccc(-c2ccc(-n3ccc4c3ccc3c5ccccc5n(-c5ccc6c7ccc(-c8ccccc8)cc7c7ccccc7c6c5)c34)cc2)cc1.c1ccc(-c2ccc(-n3ccc4c3ccc3c5ccccc5n(-c5ccc6c7ccccc7c7ccccc7c6c5)c34)cc2)cc1. The van der Waals surface area contributed by atoms with E-state index in [1.165, 1.54) is 256 Å². The van der Waals surface area contributed by atoms with Crippen LogP contribution in [0, 0.1) is 0 Å². The number of fused-ring (bicyclic) bond motifs is 33. The average Bonchev–Trinajstić information content (AvgIpc) is 1.58. The second-order valence-electron chi connectivity index (χ2n) is 39.7. The second-order valence-corrected chi connectivity index (χ2v) is 39.7. The summed E-state index contributed by atoms with van der Waals surface area (Å²) in [6.07, 6.45) is 6.64. The first-order valence-electron chi connectivity index (χ1n) is 51.7. The molecule has 0 radical (unpaired) electrons. The molecule has 150 heavy (non-hydrogen) atoms. The van der Waals surface area contributed by atoms with Gasteiger partial charge in [-0.1, -0.05) is 400 Å². The molecular formula is C144H92N6. The molecule has 0 spiro atoms. The maximum Gasteiger partial charge on any atom is 0.0635 e. The molecule has 0 N–H and O–H groups in total. The van der Waals surface area contributed by atoms with E-state index >= 15 is 0 Å². The summed E-state index contributed by atoms with van der Waals surface area (Å²) in [5.41, 5.74) is 30.1. The maximum absolute atomic E-state index is 2.48. The maximum atomic E-state index is 2.48. The van der Waals surface area contributed by atoms with Crippen LogP contribution in [0.3, 0.4) is 0 Å². The van der Waals surface area contributed by atoms with Crippen LogP contribution in [0.15, 0.2) is 558 Å². The van der Waals surface area contributed by atoms with Crippen LogP contribution in [-0.4, -0.2) is 27.4 Å². The molecule has 0 aliphatic rings. The number of benzene rings is 26. The summed E-state index contributed by atoms with van der Waals surface area (Å²) in [5, 5.41) is 34.5. The molecule has 32 rings (SSSR count). The molecule has 698 valence electrons. The fraction of sp³-hybridized carbons (Fsp3) is 0. The fourth-order valence-electron chi connectivity index (χ4n) is 24.7. The van der Waals surface area contributed by atoms with Gasteiger partial charge >= 0.3 is 0 Å². The summed E-state index contributed by atoms with van der Waals surface area (Å²) in [4.78, 5) is 0. The highest BCUT2D eigenvalue weighted by Crippen LogP contribution is 2.48. The summed E-state index contributed by atoms with van der Waals surface area (Å²) in [6, 6.07) is 197. The molecule has 0 amide bonds. The van der Waals surface area contributed by atoms with Crippen LogP contribution in [0.25, 0.3) is 285 Å². The predicted octanol–water partition coefficient (Wildman–Crippen LogP) is 38.9. The van der Waals surface area contributed by atoms with Gasteiger partial charge in [-0.3, -0.25) is 0 Å². The van der Waals surface area contributed by atoms with Crippen molar-refractivity contribution in [2.75, 3.05) is 0 Å². The highest BCUT2D eigenvalue weighted by Gasteiger charge is 2.25. The Morgan fingerprint density at radius 2 is 0.280 bits per heavy atom. The number of hydrogen-bond donors (Lipinski definition) is 0. The second kappa shape index (κ2) is 35.0. The van der Waals surface area contributed by atoms with Crippen molar-refractivity contribution in [3.8, 4) is 89.8 Å². The third kappa shape index (κ3) is 13.9. The normalized spacial score (nSPS) is 11.9. The molecule has 0 saturated heterocycles. The van der Waals surface area contributed by atoms with Gasteiger partial charge in [-0.15, -0.1) is 0 Å². The summed E-state index contributed by atoms with van der Waals surface area (Å²) < 4.78 is 14.3. The highest BCUT2D eigenvalue weighted by atomic mass is 15.0. The largest absolute Gasteiger partial charge is 0.316 e. The van der Waals surface area contributed by atoms with Crippen LogP contribution < -0.4 is 0 Å². The Morgan fingerprint density at radius 3 is 0.567 bits per heavy atom. The molecule has 0 fully saturated rings. The molecule has 6 nitrogen and oxygen atoms in total. The lowest BCUT2D eigenvalue weighted by Crippen LogP contribution is -1.96. The Kier molecular flexibility index (Phi) is 20.0. The average molecular weight is 1910 g/mol. The molecule has 0 unspecified atom stereocenters. The minimum atomic E-state index is 1.15. The number of para-hydroxylation sites is 3. The van der Waals surface area contributed by atoms with Gasteiger partial charge in [-0.05, 0) is 292 Å². The third-order valence-corrected chi connectivity index (χ3v) is 31.6. The zero-order chi connectivity index (χ0) is 98.5. The van der Waals surface area contributed by atoms with Crippen molar-refractivity contribution in [1.29, 1.82) is 0 Å². The van der Waals surface area contributed by atoms with Crippen LogP contribution >= 0.6 is 0 Å². The molecular weight excluding hydrogens is 1810 g/mol. The molecule has 6 heterocycles. The Morgan fingerprint density at radius 1 is 0.0933 bits per heavy atom.